The molecule has 3 N–H and O–H groups in total. The van der Waals surface area contributed by atoms with Crippen LogP contribution in [0.2, 0.25) is 0 Å². The zero-order valence-electron chi connectivity index (χ0n) is 18.8. The molecule has 0 aliphatic carbocycles. The van der Waals surface area contributed by atoms with E-state index in [1.807, 2.05) is 0 Å². The highest BCUT2D eigenvalue weighted by Gasteiger charge is 2.00. The van der Waals surface area contributed by atoms with E-state index in [4.69, 9.17) is 20.1 Å². The maximum absolute atomic E-state index is 10.3. The molecule has 0 aromatic carbocycles. The quantitative estimate of drug-likeness (QED) is 0.219. The molecule has 170 valence electrons. The van der Waals surface area contributed by atoms with Crippen LogP contribution < -0.4 is 0 Å². The van der Waals surface area contributed by atoms with Gasteiger partial charge >= 0.3 is 5.97 Å². The van der Waals surface area contributed by atoms with Gasteiger partial charge in [-0.05, 0) is 58.8 Å². The number of hydrogen-bond donors (Lipinski definition) is 3. The lowest BCUT2D eigenvalue weighted by Gasteiger charge is -2.10. The van der Waals surface area contributed by atoms with Crippen LogP contribution in [0.4, 0.5) is 0 Å². The van der Waals surface area contributed by atoms with Gasteiger partial charge in [-0.1, -0.05) is 56.2 Å². The minimum atomic E-state index is -0.695. The number of ether oxygens (including phenoxy) is 1. The number of aliphatic carboxylic acids is 1. The first kappa shape index (κ1) is 29.8. The molecule has 5 heteroatoms. The Hall–Kier alpha value is -1.43. The second-order valence-electron chi connectivity index (χ2n) is 7.20. The number of unbranched alkanes of at least 4 members (excludes halogenated alkanes) is 5. The molecule has 0 rings (SSSR count). The number of carboxylic acids is 1. The number of hydrogen-bond acceptors (Lipinski definition) is 4. The maximum atomic E-state index is 10.3. The minimum Gasteiger partial charge on any atom is -0.481 e. The highest BCUT2D eigenvalue weighted by molar-refractivity contribution is 5.66. The first-order valence-electron chi connectivity index (χ1n) is 11.0. The van der Waals surface area contributed by atoms with E-state index in [1.165, 1.54) is 25.7 Å². The number of carboxylic acid groups (broad SMARTS) is 1. The highest BCUT2D eigenvalue weighted by atomic mass is 16.5. The highest BCUT2D eigenvalue weighted by Crippen LogP contribution is 2.02. The Bertz CT molecular complexity index is 427. The fourth-order valence-corrected chi connectivity index (χ4v) is 2.18. The van der Waals surface area contributed by atoms with Gasteiger partial charge in [-0.2, -0.15) is 0 Å². The molecule has 0 aromatic rings. The van der Waals surface area contributed by atoms with E-state index in [0.29, 0.717) is 13.0 Å². The van der Waals surface area contributed by atoms with Crippen LogP contribution >= 0.6 is 0 Å². The summed E-state index contributed by atoms with van der Waals surface area (Å²) in [5.41, 5.74) is 0. The third-order valence-electron chi connectivity index (χ3n) is 3.91. The molecule has 0 amide bonds. The van der Waals surface area contributed by atoms with Crippen LogP contribution in [0, 0.1) is 0 Å². The van der Waals surface area contributed by atoms with Crippen LogP contribution in [0.5, 0.6) is 0 Å². The number of aliphatic hydroxyl groups is 2. The van der Waals surface area contributed by atoms with Crippen LogP contribution in [0.15, 0.2) is 36.5 Å². The van der Waals surface area contributed by atoms with E-state index in [1.54, 1.807) is 13.8 Å². The molecule has 2 atom stereocenters. The van der Waals surface area contributed by atoms with Crippen LogP contribution in [0.1, 0.15) is 85.0 Å². The van der Waals surface area contributed by atoms with Gasteiger partial charge in [0.2, 0.25) is 0 Å². The van der Waals surface area contributed by atoms with E-state index in [-0.39, 0.29) is 12.7 Å². The lowest BCUT2D eigenvalue weighted by Crippen LogP contribution is -2.19. The molecule has 0 saturated carbocycles. The number of allylic oxidation sites excluding steroid dienone is 6. The fraction of sp³-hybridized carbons (Fsp3) is 0.708. The Morgan fingerprint density at radius 2 is 1.41 bits per heavy atom. The predicted molar refractivity (Wildman–Crippen MR) is 121 cm³/mol. The van der Waals surface area contributed by atoms with Crippen molar-refractivity contribution >= 4 is 5.97 Å². The van der Waals surface area contributed by atoms with Crippen LogP contribution in [-0.4, -0.2) is 46.7 Å². The molecule has 0 aliphatic rings. The summed E-state index contributed by atoms with van der Waals surface area (Å²) < 4.78 is 4.95. The smallest absolute Gasteiger partial charge is 0.303 e. The van der Waals surface area contributed by atoms with Crippen molar-refractivity contribution in [2.75, 3.05) is 13.2 Å². The molecule has 0 aromatic heterocycles. The van der Waals surface area contributed by atoms with E-state index in [0.717, 1.165) is 32.1 Å². The maximum Gasteiger partial charge on any atom is 0.303 e. The third kappa shape index (κ3) is 31.5. The van der Waals surface area contributed by atoms with Gasteiger partial charge in [0.05, 0.1) is 25.4 Å². The summed E-state index contributed by atoms with van der Waals surface area (Å²) in [5.74, 6) is -0.695. The van der Waals surface area contributed by atoms with Gasteiger partial charge < -0.3 is 20.1 Å². The Labute approximate surface area is 178 Å². The molecule has 0 radical (unpaired) electrons. The third-order valence-corrected chi connectivity index (χ3v) is 3.91. The summed E-state index contributed by atoms with van der Waals surface area (Å²) in [4.78, 5) is 10.3. The van der Waals surface area contributed by atoms with Gasteiger partial charge in [0.1, 0.15) is 0 Å². The molecule has 0 bridgehead atoms. The van der Waals surface area contributed by atoms with Gasteiger partial charge in [0.25, 0.3) is 0 Å². The van der Waals surface area contributed by atoms with Crippen LogP contribution in [-0.2, 0) is 9.53 Å². The summed E-state index contributed by atoms with van der Waals surface area (Å²) in [5, 5.41) is 25.6. The van der Waals surface area contributed by atoms with Crippen molar-refractivity contribution < 1.29 is 24.9 Å². The predicted octanol–water partition coefficient (Wildman–Crippen LogP) is 5.43. The van der Waals surface area contributed by atoms with Crippen molar-refractivity contribution in [1.29, 1.82) is 0 Å². The van der Waals surface area contributed by atoms with E-state index >= 15 is 0 Å². The average molecular weight is 413 g/mol. The first-order chi connectivity index (χ1) is 13.9. The molecule has 29 heavy (non-hydrogen) atoms. The van der Waals surface area contributed by atoms with E-state index in [2.05, 4.69) is 43.4 Å². The first-order valence-corrected chi connectivity index (χ1v) is 11.0. The van der Waals surface area contributed by atoms with E-state index in [9.17, 15) is 4.79 Å². The molecular weight excluding hydrogens is 368 g/mol. The Balaban J connectivity index is 0. The molecular formula is C24H44O5. The summed E-state index contributed by atoms with van der Waals surface area (Å²) in [7, 11) is 0. The largest absolute Gasteiger partial charge is 0.481 e. The number of rotatable bonds is 17. The van der Waals surface area contributed by atoms with Gasteiger partial charge in [-0.3, -0.25) is 4.79 Å². The van der Waals surface area contributed by atoms with Gasteiger partial charge in [-0.25, -0.2) is 0 Å². The Morgan fingerprint density at radius 1 is 0.897 bits per heavy atom. The standard InChI is InChI=1S/C18H30O2.C6H14O3/c1-2-3-4-5-6-7-8-9-10-11-12-13-14-15-16-17-18(19)20;1-5(8)4-9-6(2)3-7/h6-7,9-10,12-13H,2-5,8,11,14-17H2,1H3,(H,19,20);5-8H,3-4H2,1-2H3/b7-6-,10-9-,13-12-;. The van der Waals surface area contributed by atoms with Crippen molar-refractivity contribution in [3.63, 3.8) is 0 Å². The lowest BCUT2D eigenvalue weighted by atomic mass is 10.2. The molecule has 5 nitrogen and oxygen atoms in total. The Kier molecular flexibility index (Phi) is 25.3. The van der Waals surface area contributed by atoms with Crippen molar-refractivity contribution in [1.82, 2.24) is 0 Å². The topological polar surface area (TPSA) is 87.0 Å². The zero-order valence-corrected chi connectivity index (χ0v) is 18.8. The normalized spacial score (nSPS) is 13.7. The summed E-state index contributed by atoms with van der Waals surface area (Å²) in [6.45, 7) is 5.92. The monoisotopic (exact) mass is 412 g/mol. The molecule has 0 aliphatic heterocycles. The average Bonchev–Trinajstić information content (AvgIpc) is 2.69. The summed E-state index contributed by atoms with van der Waals surface area (Å²) in [6, 6.07) is 0. The van der Waals surface area contributed by atoms with Crippen molar-refractivity contribution in [3.05, 3.63) is 36.5 Å². The van der Waals surface area contributed by atoms with Gasteiger partial charge in [0.15, 0.2) is 0 Å². The number of aliphatic hydroxyl groups excluding tert-OH is 2. The van der Waals surface area contributed by atoms with Crippen LogP contribution in [0.3, 0.4) is 0 Å². The summed E-state index contributed by atoms with van der Waals surface area (Å²) >= 11 is 0. The summed E-state index contributed by atoms with van der Waals surface area (Å²) in [6.07, 6.45) is 22.7. The molecule has 0 fully saturated rings. The van der Waals surface area contributed by atoms with Gasteiger partial charge in [0, 0.05) is 6.42 Å². The molecule has 0 saturated heterocycles. The zero-order chi connectivity index (χ0) is 22.2. The molecule has 2 unspecified atom stereocenters. The Morgan fingerprint density at radius 3 is 1.86 bits per heavy atom. The lowest BCUT2D eigenvalue weighted by molar-refractivity contribution is -0.137. The van der Waals surface area contributed by atoms with E-state index < -0.39 is 12.1 Å². The second-order valence-corrected chi connectivity index (χ2v) is 7.20. The van der Waals surface area contributed by atoms with Crippen LogP contribution in [0.25, 0.3) is 0 Å². The van der Waals surface area contributed by atoms with Crippen molar-refractivity contribution in [3.8, 4) is 0 Å². The van der Waals surface area contributed by atoms with Crippen molar-refractivity contribution in [2.24, 2.45) is 0 Å². The SMILES string of the molecule is CC(O)COC(C)CO.CCCCC/C=C\C/C=C\C/C=C\CCCCC(=O)O. The second kappa shape index (κ2) is 24.6. The van der Waals surface area contributed by atoms with Gasteiger partial charge in [-0.15, -0.1) is 0 Å². The number of carbonyl (C=O) groups is 1. The molecule has 0 spiro atoms. The fourth-order valence-electron chi connectivity index (χ4n) is 2.18. The minimum absolute atomic E-state index is 0.00667. The van der Waals surface area contributed by atoms with Crippen molar-refractivity contribution in [2.45, 2.75) is 97.2 Å². The molecule has 0 heterocycles.